The maximum absolute atomic E-state index is 16.0. The highest BCUT2D eigenvalue weighted by atomic mass is 35.5. The van der Waals surface area contributed by atoms with Gasteiger partial charge in [-0.25, -0.2) is 17.2 Å². The van der Waals surface area contributed by atoms with Gasteiger partial charge in [-0.2, -0.15) is 15.0 Å². The van der Waals surface area contributed by atoms with Crippen LogP contribution < -0.4 is 5.56 Å². The van der Waals surface area contributed by atoms with Crippen LogP contribution in [0.1, 0.15) is 60.7 Å². The molecule has 0 N–H and O–H groups in total. The number of benzene rings is 1. The molecule has 3 aromatic heterocycles. The van der Waals surface area contributed by atoms with E-state index >= 15 is 8.78 Å². The fourth-order valence-electron chi connectivity index (χ4n) is 4.86. The van der Waals surface area contributed by atoms with Crippen molar-refractivity contribution >= 4 is 21.4 Å². The molecule has 2 atom stereocenters. The summed E-state index contributed by atoms with van der Waals surface area (Å²) in [7, 11) is -3.91. The first kappa shape index (κ1) is 27.1. The molecule has 1 fully saturated rings. The number of nitrogens with zero attached hydrogens (tertiary/aromatic N) is 5. The Balaban J connectivity index is 1.59. The Morgan fingerprint density at radius 1 is 1.10 bits per heavy atom. The molecule has 12 heteroatoms. The minimum atomic E-state index is -3.91. The van der Waals surface area contributed by atoms with Crippen LogP contribution in [0, 0.1) is 25.5 Å². The van der Waals surface area contributed by atoms with E-state index in [2.05, 4.69) is 15.2 Å². The minimum Gasteiger partial charge on any atom is -0.277 e. The lowest BCUT2D eigenvalue weighted by molar-refractivity contribution is 0.463. The van der Waals surface area contributed by atoms with Gasteiger partial charge in [0.25, 0.3) is 5.56 Å². The van der Waals surface area contributed by atoms with E-state index in [4.69, 9.17) is 11.6 Å². The Kier molecular flexibility index (Phi) is 6.70. The van der Waals surface area contributed by atoms with E-state index in [0.717, 1.165) is 29.0 Å². The topological polar surface area (TPSA) is 99.7 Å². The van der Waals surface area contributed by atoms with E-state index in [1.54, 1.807) is 30.9 Å². The lowest BCUT2D eigenvalue weighted by Crippen LogP contribution is -2.24. The van der Waals surface area contributed by atoms with E-state index < -0.39 is 37.6 Å². The number of rotatable bonds is 6. The summed E-state index contributed by atoms with van der Waals surface area (Å²) in [6.07, 6.45) is 4.65. The van der Waals surface area contributed by atoms with Crippen LogP contribution in [0.3, 0.4) is 0 Å². The van der Waals surface area contributed by atoms with Gasteiger partial charge in [-0.05, 0) is 69.4 Å². The molecule has 1 aliphatic rings. The average molecular weight is 574 g/mol. The second-order valence-corrected chi connectivity index (χ2v) is 12.5. The Labute approximate surface area is 229 Å². The fraction of sp³-hybridized carbons (Fsp3) is 0.333. The third-order valence-corrected chi connectivity index (χ3v) is 8.43. The van der Waals surface area contributed by atoms with Crippen molar-refractivity contribution in [3.63, 3.8) is 0 Å². The summed E-state index contributed by atoms with van der Waals surface area (Å²) in [6, 6.07) is 5.53. The fourth-order valence-corrected chi connectivity index (χ4v) is 5.90. The number of hydrogen-bond donors (Lipinski definition) is 0. The number of aromatic nitrogens is 5. The summed E-state index contributed by atoms with van der Waals surface area (Å²) in [5, 5.41) is 8.79. The van der Waals surface area contributed by atoms with E-state index in [1.807, 2.05) is 13.8 Å². The summed E-state index contributed by atoms with van der Waals surface area (Å²) < 4.78 is 56.4. The normalized spacial score (nSPS) is 17.2. The van der Waals surface area contributed by atoms with Crippen molar-refractivity contribution in [3.05, 3.63) is 86.2 Å². The van der Waals surface area contributed by atoms with Crippen LogP contribution in [0.2, 0.25) is 5.02 Å². The van der Waals surface area contributed by atoms with Crippen LogP contribution in [0.4, 0.5) is 8.78 Å². The van der Waals surface area contributed by atoms with Crippen molar-refractivity contribution < 1.29 is 17.2 Å². The molecule has 1 aliphatic carbocycles. The van der Waals surface area contributed by atoms with Crippen molar-refractivity contribution in [2.75, 3.05) is 6.26 Å². The molecule has 8 nitrogen and oxygen atoms in total. The summed E-state index contributed by atoms with van der Waals surface area (Å²) in [5.41, 5.74) is 0.727. The van der Waals surface area contributed by atoms with Gasteiger partial charge in [0.05, 0.1) is 23.6 Å². The average Bonchev–Trinajstić information content (AvgIpc) is 3.49. The number of sulfone groups is 1. The highest BCUT2D eigenvalue weighted by Gasteiger charge is 2.43. The van der Waals surface area contributed by atoms with Crippen LogP contribution in [0.15, 0.2) is 46.3 Å². The third-order valence-electron chi connectivity index (χ3n) is 6.94. The Morgan fingerprint density at radius 2 is 1.82 bits per heavy atom. The standard InChI is InChI=1S/C27H26ClF2N5O3S/c1-13(2)35-32-12-20(33-35)18-10-17(18)19-9-15(4)34(27(36)22(19)28)26-14(3)11-31-25(24(26)30)16-7-6-8-21(23(16)29)39(5,37)38/h6-9,11-13,17-18H,10H2,1-5H3/t17-,18?/m1/s1. The van der Waals surface area contributed by atoms with E-state index in [-0.39, 0.29) is 34.2 Å². The molecule has 1 saturated carbocycles. The van der Waals surface area contributed by atoms with Gasteiger partial charge >= 0.3 is 0 Å². The summed E-state index contributed by atoms with van der Waals surface area (Å²) in [6.45, 7) is 7.20. The zero-order chi connectivity index (χ0) is 28.4. The van der Waals surface area contributed by atoms with Gasteiger partial charge in [-0.1, -0.05) is 17.7 Å². The molecular formula is C27H26ClF2N5O3S. The first-order valence-corrected chi connectivity index (χ1v) is 14.6. The van der Waals surface area contributed by atoms with Crippen LogP contribution >= 0.6 is 11.6 Å². The van der Waals surface area contributed by atoms with Crippen LogP contribution in [-0.4, -0.2) is 39.2 Å². The van der Waals surface area contributed by atoms with Crippen molar-refractivity contribution in [2.45, 2.75) is 56.9 Å². The molecule has 204 valence electrons. The zero-order valence-corrected chi connectivity index (χ0v) is 23.5. The van der Waals surface area contributed by atoms with Gasteiger partial charge in [0.2, 0.25) is 0 Å². The van der Waals surface area contributed by atoms with Crippen molar-refractivity contribution in [1.29, 1.82) is 0 Å². The molecule has 0 aliphatic heterocycles. The van der Waals surface area contributed by atoms with Gasteiger partial charge in [-0.15, -0.1) is 0 Å². The SMILES string of the molecule is Cc1cnc(-c2cccc(S(C)(=O)=O)c2F)c(F)c1-n1c(C)cc([C@@H]2CC2c2cnn(C(C)C)n2)c(Cl)c1=O. The monoisotopic (exact) mass is 573 g/mol. The van der Waals surface area contributed by atoms with Gasteiger partial charge in [0, 0.05) is 29.6 Å². The minimum absolute atomic E-state index is 0.0253. The third kappa shape index (κ3) is 4.67. The molecule has 5 rings (SSSR count). The predicted molar refractivity (Wildman–Crippen MR) is 143 cm³/mol. The Hall–Kier alpha value is -3.44. The maximum atomic E-state index is 16.0. The van der Waals surface area contributed by atoms with Gasteiger partial charge < -0.3 is 0 Å². The molecule has 1 unspecified atom stereocenters. The summed E-state index contributed by atoms with van der Waals surface area (Å²) >= 11 is 6.58. The second kappa shape index (κ2) is 9.63. The smallest absolute Gasteiger partial charge is 0.274 e. The number of hydrogen-bond acceptors (Lipinski definition) is 6. The van der Waals surface area contributed by atoms with E-state index in [9.17, 15) is 13.2 Å². The zero-order valence-electron chi connectivity index (χ0n) is 21.9. The van der Waals surface area contributed by atoms with Crippen molar-refractivity contribution in [3.8, 4) is 16.9 Å². The Bertz CT molecular complexity index is 1800. The predicted octanol–water partition coefficient (Wildman–Crippen LogP) is 5.29. The molecule has 3 heterocycles. The van der Waals surface area contributed by atoms with E-state index in [1.165, 1.54) is 18.3 Å². The second-order valence-electron chi connectivity index (χ2n) is 10.2. The van der Waals surface area contributed by atoms with Crippen LogP contribution in [0.5, 0.6) is 0 Å². The quantitative estimate of drug-likeness (QED) is 0.310. The molecule has 0 amide bonds. The Morgan fingerprint density at radius 3 is 2.46 bits per heavy atom. The van der Waals surface area contributed by atoms with Gasteiger partial charge in [0.1, 0.15) is 15.6 Å². The van der Waals surface area contributed by atoms with Crippen molar-refractivity contribution in [2.24, 2.45) is 0 Å². The first-order chi connectivity index (χ1) is 18.3. The van der Waals surface area contributed by atoms with Crippen LogP contribution in [0.25, 0.3) is 16.9 Å². The molecule has 0 bridgehead atoms. The number of halogens is 3. The number of aryl methyl sites for hydroxylation is 2. The lowest BCUT2D eigenvalue weighted by Gasteiger charge is -2.18. The lowest BCUT2D eigenvalue weighted by atomic mass is 10.1. The molecule has 39 heavy (non-hydrogen) atoms. The molecule has 0 saturated heterocycles. The van der Waals surface area contributed by atoms with Gasteiger partial charge in [-0.3, -0.25) is 14.3 Å². The molecule has 1 aromatic carbocycles. The molecule has 0 spiro atoms. The molecular weight excluding hydrogens is 548 g/mol. The largest absolute Gasteiger partial charge is 0.277 e. The van der Waals surface area contributed by atoms with E-state index in [0.29, 0.717) is 16.8 Å². The maximum Gasteiger partial charge on any atom is 0.274 e. The molecule has 4 aromatic rings. The van der Waals surface area contributed by atoms with Crippen molar-refractivity contribution in [1.82, 2.24) is 24.5 Å². The summed E-state index contributed by atoms with van der Waals surface area (Å²) in [4.78, 5) is 18.6. The van der Waals surface area contributed by atoms with Gasteiger partial charge in [0.15, 0.2) is 21.5 Å². The van der Waals surface area contributed by atoms with Crippen LogP contribution in [-0.2, 0) is 9.84 Å². The molecule has 0 radical (unpaired) electrons. The number of pyridine rings is 2. The summed E-state index contributed by atoms with van der Waals surface area (Å²) in [5.74, 6) is -2.04. The highest BCUT2D eigenvalue weighted by Crippen LogP contribution is 2.55. The highest BCUT2D eigenvalue weighted by molar-refractivity contribution is 7.90. The first-order valence-electron chi connectivity index (χ1n) is 12.3.